The Bertz CT molecular complexity index is 387. The van der Waals surface area contributed by atoms with Crippen LogP contribution in [0.25, 0.3) is 0 Å². The molecule has 1 saturated heterocycles. The third kappa shape index (κ3) is 3.92. The molecule has 2 N–H and O–H groups in total. The van der Waals surface area contributed by atoms with Gasteiger partial charge in [-0.25, -0.2) is 0 Å². The Hall–Kier alpha value is -1.20. The van der Waals surface area contributed by atoms with Gasteiger partial charge in [0.05, 0.1) is 0 Å². The molecule has 2 rings (SSSR count). The number of alkyl halides is 2. The van der Waals surface area contributed by atoms with Gasteiger partial charge < -0.3 is 10.5 Å². The van der Waals surface area contributed by atoms with E-state index in [2.05, 4.69) is 9.64 Å². The van der Waals surface area contributed by atoms with E-state index in [1.807, 2.05) is 6.07 Å². The smallest absolute Gasteiger partial charge is 0.387 e. The maximum absolute atomic E-state index is 12.1. The van der Waals surface area contributed by atoms with Crippen molar-refractivity contribution in [2.75, 3.05) is 13.1 Å². The highest BCUT2D eigenvalue weighted by Gasteiger charge is 2.16. The van der Waals surface area contributed by atoms with Crippen LogP contribution in [0.5, 0.6) is 5.75 Å². The van der Waals surface area contributed by atoms with Crippen LogP contribution in [0.1, 0.15) is 18.4 Å². The van der Waals surface area contributed by atoms with Crippen LogP contribution in [0.15, 0.2) is 24.3 Å². The van der Waals surface area contributed by atoms with Crippen molar-refractivity contribution in [3.8, 4) is 5.75 Å². The van der Waals surface area contributed by atoms with E-state index in [0.717, 1.165) is 38.0 Å². The average molecular weight is 256 g/mol. The zero-order chi connectivity index (χ0) is 13.0. The minimum atomic E-state index is -2.77. The molecular formula is C13H18F2N2O. The monoisotopic (exact) mass is 256 g/mol. The Morgan fingerprint density at radius 2 is 2.28 bits per heavy atom. The quantitative estimate of drug-likeness (QED) is 0.897. The van der Waals surface area contributed by atoms with Gasteiger partial charge in [0.2, 0.25) is 0 Å². The summed E-state index contributed by atoms with van der Waals surface area (Å²) >= 11 is 0. The number of rotatable bonds is 4. The number of nitrogens with two attached hydrogens (primary N) is 1. The van der Waals surface area contributed by atoms with Gasteiger partial charge in [0, 0.05) is 19.1 Å². The van der Waals surface area contributed by atoms with Crippen LogP contribution in [0.3, 0.4) is 0 Å². The van der Waals surface area contributed by atoms with Gasteiger partial charge in [-0.3, -0.25) is 4.90 Å². The average Bonchev–Trinajstić information content (AvgIpc) is 2.28. The second kappa shape index (κ2) is 6.11. The van der Waals surface area contributed by atoms with Gasteiger partial charge in [-0.15, -0.1) is 0 Å². The van der Waals surface area contributed by atoms with Crippen LogP contribution < -0.4 is 10.5 Å². The maximum Gasteiger partial charge on any atom is 0.387 e. The molecule has 0 spiro atoms. The second-order valence-electron chi connectivity index (χ2n) is 4.66. The second-order valence-corrected chi connectivity index (χ2v) is 4.66. The van der Waals surface area contributed by atoms with E-state index < -0.39 is 6.61 Å². The number of likely N-dealkylation sites (tertiary alicyclic amines) is 1. The highest BCUT2D eigenvalue weighted by Crippen LogP contribution is 2.18. The first-order valence-corrected chi connectivity index (χ1v) is 6.15. The number of piperidine rings is 1. The third-order valence-electron chi connectivity index (χ3n) is 3.07. The van der Waals surface area contributed by atoms with Gasteiger partial charge in [-0.05, 0) is 37.1 Å². The van der Waals surface area contributed by atoms with E-state index in [0.29, 0.717) is 0 Å². The topological polar surface area (TPSA) is 38.5 Å². The molecule has 0 aliphatic carbocycles. The lowest BCUT2D eigenvalue weighted by atomic mass is 10.1. The molecule has 3 nitrogen and oxygen atoms in total. The SMILES string of the molecule is NC1CCCN(Cc2cccc(OC(F)F)c2)C1. The first-order valence-electron chi connectivity index (χ1n) is 6.15. The van der Waals surface area contributed by atoms with E-state index >= 15 is 0 Å². The highest BCUT2D eigenvalue weighted by atomic mass is 19.3. The number of hydrogen-bond acceptors (Lipinski definition) is 3. The van der Waals surface area contributed by atoms with Gasteiger partial charge in [0.1, 0.15) is 5.75 Å². The lowest BCUT2D eigenvalue weighted by Gasteiger charge is -2.30. The van der Waals surface area contributed by atoms with Gasteiger partial charge in [-0.1, -0.05) is 12.1 Å². The van der Waals surface area contributed by atoms with Crippen molar-refractivity contribution in [1.29, 1.82) is 0 Å². The molecule has 0 saturated carbocycles. The molecule has 0 bridgehead atoms. The zero-order valence-electron chi connectivity index (χ0n) is 10.2. The summed E-state index contributed by atoms with van der Waals surface area (Å²) in [4.78, 5) is 2.25. The molecule has 0 amide bonds. The number of nitrogens with zero attached hydrogens (tertiary/aromatic N) is 1. The molecule has 1 aliphatic heterocycles. The lowest BCUT2D eigenvalue weighted by Crippen LogP contribution is -2.42. The van der Waals surface area contributed by atoms with Crippen LogP contribution in [0.2, 0.25) is 0 Å². The third-order valence-corrected chi connectivity index (χ3v) is 3.07. The summed E-state index contributed by atoms with van der Waals surface area (Å²) in [7, 11) is 0. The molecule has 1 unspecified atom stereocenters. The molecule has 0 aromatic heterocycles. The van der Waals surface area contributed by atoms with Crippen molar-refractivity contribution in [2.45, 2.75) is 32.0 Å². The Morgan fingerprint density at radius 3 is 3.00 bits per heavy atom. The summed E-state index contributed by atoms with van der Waals surface area (Å²) in [6, 6.07) is 7.07. The molecule has 1 heterocycles. The number of hydrogen-bond donors (Lipinski definition) is 1. The fourth-order valence-corrected chi connectivity index (χ4v) is 2.31. The summed E-state index contributed by atoms with van der Waals surface area (Å²) in [6.07, 6.45) is 2.15. The van der Waals surface area contributed by atoms with Gasteiger partial charge in [0.15, 0.2) is 0 Å². The molecule has 0 radical (unpaired) electrons. The minimum Gasteiger partial charge on any atom is -0.435 e. The molecule has 100 valence electrons. The zero-order valence-corrected chi connectivity index (χ0v) is 10.2. The first-order chi connectivity index (χ1) is 8.63. The summed E-state index contributed by atoms with van der Waals surface area (Å²) < 4.78 is 28.6. The fourth-order valence-electron chi connectivity index (χ4n) is 2.31. The Morgan fingerprint density at radius 1 is 1.44 bits per heavy atom. The summed E-state index contributed by atoms with van der Waals surface area (Å²) in [5.74, 6) is 0.212. The van der Waals surface area contributed by atoms with Crippen LogP contribution in [0.4, 0.5) is 8.78 Å². The fraction of sp³-hybridized carbons (Fsp3) is 0.538. The summed E-state index contributed by atoms with van der Waals surface area (Å²) in [5.41, 5.74) is 6.88. The van der Waals surface area contributed by atoms with Crippen LogP contribution in [-0.2, 0) is 6.54 Å². The standard InChI is InChI=1S/C13H18F2N2O/c14-13(15)18-12-5-1-3-10(7-12)8-17-6-2-4-11(16)9-17/h1,3,5,7,11,13H,2,4,6,8-9,16H2. The highest BCUT2D eigenvalue weighted by molar-refractivity contribution is 5.28. The lowest BCUT2D eigenvalue weighted by molar-refractivity contribution is -0.0499. The van der Waals surface area contributed by atoms with E-state index in [9.17, 15) is 8.78 Å². The Kier molecular flexibility index (Phi) is 4.49. The number of ether oxygens (including phenoxy) is 1. The maximum atomic E-state index is 12.1. The molecule has 18 heavy (non-hydrogen) atoms. The molecule has 1 aromatic carbocycles. The molecule has 1 aliphatic rings. The van der Waals surface area contributed by atoms with Gasteiger partial charge in [0.25, 0.3) is 0 Å². The van der Waals surface area contributed by atoms with Gasteiger partial charge >= 0.3 is 6.61 Å². The van der Waals surface area contributed by atoms with E-state index in [1.54, 1.807) is 12.1 Å². The predicted octanol–water partition coefficient (Wildman–Crippen LogP) is 2.21. The Balaban J connectivity index is 1.96. The van der Waals surface area contributed by atoms with Crippen LogP contribution in [-0.4, -0.2) is 30.6 Å². The predicted molar refractivity (Wildman–Crippen MR) is 65.6 cm³/mol. The molecular weight excluding hydrogens is 238 g/mol. The van der Waals surface area contributed by atoms with Crippen molar-refractivity contribution < 1.29 is 13.5 Å². The molecule has 1 aromatic rings. The van der Waals surface area contributed by atoms with Crippen LogP contribution in [0, 0.1) is 0 Å². The number of benzene rings is 1. The van der Waals surface area contributed by atoms with Gasteiger partial charge in [-0.2, -0.15) is 8.78 Å². The summed E-state index contributed by atoms with van der Waals surface area (Å²) in [5, 5.41) is 0. The normalized spacial score (nSPS) is 21.2. The van der Waals surface area contributed by atoms with Crippen LogP contribution >= 0.6 is 0 Å². The molecule has 1 atom stereocenters. The van der Waals surface area contributed by atoms with E-state index in [-0.39, 0.29) is 11.8 Å². The molecule has 5 heteroatoms. The Labute approximate surface area is 106 Å². The van der Waals surface area contributed by atoms with Crippen molar-refractivity contribution in [2.24, 2.45) is 5.73 Å². The van der Waals surface area contributed by atoms with Crippen molar-refractivity contribution >= 4 is 0 Å². The first kappa shape index (κ1) is 13.2. The van der Waals surface area contributed by atoms with Crippen molar-refractivity contribution in [3.63, 3.8) is 0 Å². The van der Waals surface area contributed by atoms with E-state index in [1.165, 1.54) is 6.07 Å². The van der Waals surface area contributed by atoms with Crippen molar-refractivity contribution in [1.82, 2.24) is 4.90 Å². The van der Waals surface area contributed by atoms with E-state index in [4.69, 9.17) is 5.73 Å². The largest absolute Gasteiger partial charge is 0.435 e. The summed E-state index contributed by atoms with van der Waals surface area (Å²) in [6.45, 7) is -0.175. The number of halogens is 2. The minimum absolute atomic E-state index is 0.212. The van der Waals surface area contributed by atoms with Crippen molar-refractivity contribution in [3.05, 3.63) is 29.8 Å². The molecule has 1 fully saturated rings.